The molecule has 1 rings (SSSR count). The summed E-state index contributed by atoms with van der Waals surface area (Å²) in [5.41, 5.74) is 0. The monoisotopic (exact) mass is 256 g/mol. The van der Waals surface area contributed by atoms with E-state index in [1.165, 1.54) is 11.3 Å². The standard InChI is InChI=1S/C11H16N2OS2/c1-4-13(8(2)3)11(15)12-10(14)9-6-5-7-16-9/h5-8H,4H2,1-3H3,(H,12,14,15). The van der Waals surface area contributed by atoms with Crippen LogP contribution in [-0.2, 0) is 0 Å². The quantitative estimate of drug-likeness (QED) is 0.843. The summed E-state index contributed by atoms with van der Waals surface area (Å²) in [5.74, 6) is -0.126. The summed E-state index contributed by atoms with van der Waals surface area (Å²) in [7, 11) is 0. The van der Waals surface area contributed by atoms with Crippen molar-refractivity contribution in [3.63, 3.8) is 0 Å². The second kappa shape index (κ2) is 5.96. The molecule has 0 radical (unpaired) electrons. The van der Waals surface area contributed by atoms with Crippen LogP contribution in [0.3, 0.4) is 0 Å². The summed E-state index contributed by atoms with van der Waals surface area (Å²) < 4.78 is 0. The molecular formula is C11H16N2OS2. The first-order valence-electron chi connectivity index (χ1n) is 5.21. The fourth-order valence-corrected chi connectivity index (χ4v) is 2.43. The van der Waals surface area contributed by atoms with E-state index in [2.05, 4.69) is 5.32 Å². The molecule has 0 unspecified atom stereocenters. The number of nitrogens with zero attached hydrogens (tertiary/aromatic N) is 1. The average Bonchev–Trinajstić information content (AvgIpc) is 2.70. The van der Waals surface area contributed by atoms with Crippen LogP contribution in [0.4, 0.5) is 0 Å². The molecule has 0 aromatic carbocycles. The molecule has 0 aliphatic heterocycles. The van der Waals surface area contributed by atoms with E-state index in [0.717, 1.165) is 6.54 Å². The summed E-state index contributed by atoms with van der Waals surface area (Å²) in [5, 5.41) is 5.11. The molecule has 1 aromatic heterocycles. The molecule has 5 heteroatoms. The maximum absolute atomic E-state index is 11.7. The van der Waals surface area contributed by atoms with Gasteiger partial charge in [-0.15, -0.1) is 11.3 Å². The van der Waals surface area contributed by atoms with Crippen LogP contribution in [0.15, 0.2) is 17.5 Å². The van der Waals surface area contributed by atoms with Crippen LogP contribution < -0.4 is 5.32 Å². The summed E-state index contributed by atoms with van der Waals surface area (Å²) >= 11 is 6.61. The van der Waals surface area contributed by atoms with Crippen LogP contribution in [0, 0.1) is 0 Å². The molecular weight excluding hydrogens is 240 g/mol. The van der Waals surface area contributed by atoms with Crippen molar-refractivity contribution in [2.45, 2.75) is 26.8 Å². The molecule has 3 nitrogen and oxygen atoms in total. The highest BCUT2D eigenvalue weighted by atomic mass is 32.1. The SMILES string of the molecule is CCN(C(=S)NC(=O)c1cccs1)C(C)C. The lowest BCUT2D eigenvalue weighted by Gasteiger charge is -2.27. The van der Waals surface area contributed by atoms with Crippen LogP contribution in [0.25, 0.3) is 0 Å². The van der Waals surface area contributed by atoms with Gasteiger partial charge < -0.3 is 4.90 Å². The van der Waals surface area contributed by atoms with Gasteiger partial charge in [-0.05, 0) is 44.4 Å². The lowest BCUT2D eigenvalue weighted by Crippen LogP contribution is -2.45. The van der Waals surface area contributed by atoms with Crippen LogP contribution in [0.1, 0.15) is 30.4 Å². The molecule has 0 aliphatic rings. The molecule has 1 aromatic rings. The van der Waals surface area contributed by atoms with Gasteiger partial charge in [0.05, 0.1) is 4.88 Å². The van der Waals surface area contributed by atoms with Gasteiger partial charge >= 0.3 is 0 Å². The Hall–Kier alpha value is -0.940. The second-order valence-electron chi connectivity index (χ2n) is 3.62. The van der Waals surface area contributed by atoms with E-state index in [-0.39, 0.29) is 5.91 Å². The van der Waals surface area contributed by atoms with Crippen LogP contribution in [0.2, 0.25) is 0 Å². The molecule has 1 N–H and O–H groups in total. The summed E-state index contributed by atoms with van der Waals surface area (Å²) in [4.78, 5) is 14.4. The van der Waals surface area contributed by atoms with Gasteiger partial charge in [-0.3, -0.25) is 10.1 Å². The molecule has 0 saturated heterocycles. The van der Waals surface area contributed by atoms with Crippen molar-refractivity contribution in [3.8, 4) is 0 Å². The molecule has 0 fully saturated rings. The molecule has 0 spiro atoms. The van der Waals surface area contributed by atoms with Crippen molar-refractivity contribution >= 4 is 34.6 Å². The number of hydrogen-bond donors (Lipinski definition) is 1. The first kappa shape index (κ1) is 13.1. The minimum Gasteiger partial charge on any atom is -0.347 e. The highest BCUT2D eigenvalue weighted by Gasteiger charge is 2.15. The number of thiophene rings is 1. The molecule has 0 bridgehead atoms. The first-order chi connectivity index (χ1) is 7.56. The average molecular weight is 256 g/mol. The van der Waals surface area contributed by atoms with E-state index in [4.69, 9.17) is 12.2 Å². The van der Waals surface area contributed by atoms with Crippen molar-refractivity contribution in [2.24, 2.45) is 0 Å². The number of amides is 1. The zero-order valence-corrected chi connectivity index (χ0v) is 11.3. The third-order valence-corrected chi connectivity index (χ3v) is 3.40. The Balaban J connectivity index is 2.61. The highest BCUT2D eigenvalue weighted by Crippen LogP contribution is 2.08. The Morgan fingerprint density at radius 3 is 2.75 bits per heavy atom. The number of carbonyl (C=O) groups is 1. The minimum atomic E-state index is -0.126. The first-order valence-corrected chi connectivity index (χ1v) is 6.50. The molecule has 1 amide bonds. The van der Waals surface area contributed by atoms with Crippen molar-refractivity contribution < 1.29 is 4.79 Å². The third kappa shape index (κ3) is 3.28. The lowest BCUT2D eigenvalue weighted by atomic mass is 10.3. The minimum absolute atomic E-state index is 0.126. The van der Waals surface area contributed by atoms with Crippen molar-refractivity contribution in [1.29, 1.82) is 0 Å². The zero-order chi connectivity index (χ0) is 12.1. The molecule has 0 saturated carbocycles. The Morgan fingerprint density at radius 2 is 2.31 bits per heavy atom. The van der Waals surface area contributed by atoms with Crippen molar-refractivity contribution in [3.05, 3.63) is 22.4 Å². The van der Waals surface area contributed by atoms with E-state index in [9.17, 15) is 4.79 Å². The number of thiocarbonyl (C=S) groups is 1. The molecule has 1 heterocycles. The van der Waals surface area contributed by atoms with E-state index in [0.29, 0.717) is 16.0 Å². The number of nitrogens with one attached hydrogen (secondary N) is 1. The van der Waals surface area contributed by atoms with Crippen LogP contribution in [-0.4, -0.2) is 28.5 Å². The van der Waals surface area contributed by atoms with Gasteiger partial charge in [0.1, 0.15) is 0 Å². The number of hydrogen-bond acceptors (Lipinski definition) is 3. The van der Waals surface area contributed by atoms with Crippen LogP contribution >= 0.6 is 23.6 Å². The molecule has 0 aliphatic carbocycles. The largest absolute Gasteiger partial charge is 0.347 e. The van der Waals surface area contributed by atoms with Gasteiger partial charge in [0.15, 0.2) is 5.11 Å². The fourth-order valence-electron chi connectivity index (χ4n) is 1.38. The van der Waals surface area contributed by atoms with E-state index < -0.39 is 0 Å². The predicted octanol–water partition coefficient (Wildman–Crippen LogP) is 2.49. The highest BCUT2D eigenvalue weighted by molar-refractivity contribution is 7.80. The molecule has 88 valence electrons. The predicted molar refractivity (Wildman–Crippen MR) is 71.9 cm³/mol. The van der Waals surface area contributed by atoms with E-state index in [1.54, 1.807) is 6.07 Å². The van der Waals surface area contributed by atoms with Gasteiger partial charge in [0.2, 0.25) is 0 Å². The Morgan fingerprint density at radius 1 is 1.62 bits per heavy atom. The smallest absolute Gasteiger partial charge is 0.267 e. The zero-order valence-electron chi connectivity index (χ0n) is 9.69. The number of rotatable bonds is 3. The van der Waals surface area contributed by atoms with Crippen molar-refractivity contribution in [1.82, 2.24) is 10.2 Å². The van der Waals surface area contributed by atoms with Gasteiger partial charge in [-0.1, -0.05) is 6.07 Å². The summed E-state index contributed by atoms with van der Waals surface area (Å²) in [6.07, 6.45) is 0. The summed E-state index contributed by atoms with van der Waals surface area (Å²) in [6.45, 7) is 6.91. The maximum Gasteiger partial charge on any atom is 0.267 e. The second-order valence-corrected chi connectivity index (χ2v) is 4.95. The van der Waals surface area contributed by atoms with Gasteiger partial charge in [0, 0.05) is 12.6 Å². The van der Waals surface area contributed by atoms with E-state index in [1.807, 2.05) is 37.1 Å². The van der Waals surface area contributed by atoms with Gasteiger partial charge in [-0.2, -0.15) is 0 Å². The fraction of sp³-hybridized carbons (Fsp3) is 0.455. The van der Waals surface area contributed by atoms with Crippen molar-refractivity contribution in [2.75, 3.05) is 6.54 Å². The Kier molecular flexibility index (Phi) is 4.89. The van der Waals surface area contributed by atoms with E-state index >= 15 is 0 Å². The van der Waals surface area contributed by atoms with Gasteiger partial charge in [-0.25, -0.2) is 0 Å². The molecule has 16 heavy (non-hydrogen) atoms. The maximum atomic E-state index is 11.7. The van der Waals surface area contributed by atoms with Gasteiger partial charge in [0.25, 0.3) is 5.91 Å². The Bertz CT molecular complexity index is 360. The number of carbonyl (C=O) groups excluding carboxylic acids is 1. The normalized spacial score (nSPS) is 10.2. The molecule has 0 atom stereocenters. The van der Waals surface area contributed by atoms with Crippen LogP contribution in [0.5, 0.6) is 0 Å². The third-order valence-electron chi connectivity index (χ3n) is 2.19. The summed E-state index contributed by atoms with van der Waals surface area (Å²) in [6, 6.07) is 3.93. The topological polar surface area (TPSA) is 32.3 Å². The Labute approximate surface area is 105 Å². The lowest BCUT2D eigenvalue weighted by molar-refractivity contribution is 0.0976.